The maximum atomic E-state index is 13.7. The Morgan fingerprint density at radius 3 is 2.32 bits per heavy atom. The predicted octanol–water partition coefficient (Wildman–Crippen LogP) is 2.93. The molecular weight excluding hydrogens is 321 g/mol. The predicted molar refractivity (Wildman–Crippen MR) is 94.0 cm³/mol. The summed E-state index contributed by atoms with van der Waals surface area (Å²) in [5.41, 5.74) is 0.893. The third-order valence-corrected chi connectivity index (χ3v) is 5.21. The lowest BCUT2D eigenvalue weighted by Gasteiger charge is -2.36. The van der Waals surface area contributed by atoms with Crippen LogP contribution < -0.4 is 5.32 Å². The van der Waals surface area contributed by atoms with Gasteiger partial charge in [-0.15, -0.1) is 0 Å². The van der Waals surface area contributed by atoms with Crippen molar-refractivity contribution in [3.63, 3.8) is 0 Å². The molecule has 6 heteroatoms. The zero-order valence-corrected chi connectivity index (χ0v) is 14.8. The number of rotatable bonds is 2. The van der Waals surface area contributed by atoms with Gasteiger partial charge in [-0.3, -0.25) is 4.79 Å². The molecule has 3 amide bonds. The molecule has 0 unspecified atom stereocenters. The first kappa shape index (κ1) is 17.7. The van der Waals surface area contributed by atoms with Crippen molar-refractivity contribution in [2.75, 3.05) is 26.2 Å². The fourth-order valence-electron chi connectivity index (χ4n) is 3.53. The first-order valence-electron chi connectivity index (χ1n) is 9.15. The van der Waals surface area contributed by atoms with Gasteiger partial charge in [0.05, 0.1) is 0 Å². The van der Waals surface area contributed by atoms with Gasteiger partial charge in [-0.1, -0.05) is 25.3 Å². The Hall–Kier alpha value is -2.11. The minimum absolute atomic E-state index is 0.0274. The summed E-state index contributed by atoms with van der Waals surface area (Å²) in [5, 5.41) is 3.11. The molecule has 1 heterocycles. The monoisotopic (exact) mass is 347 g/mol. The molecule has 1 N–H and O–H groups in total. The Morgan fingerprint density at radius 1 is 1.04 bits per heavy atom. The van der Waals surface area contributed by atoms with Crippen LogP contribution in [-0.4, -0.2) is 54.0 Å². The number of hydrogen-bond acceptors (Lipinski definition) is 2. The molecule has 1 aromatic rings. The van der Waals surface area contributed by atoms with E-state index in [2.05, 4.69) is 5.32 Å². The van der Waals surface area contributed by atoms with Gasteiger partial charge in [0.25, 0.3) is 5.91 Å². The van der Waals surface area contributed by atoms with Crippen LogP contribution in [0.15, 0.2) is 18.2 Å². The second-order valence-corrected chi connectivity index (χ2v) is 7.03. The van der Waals surface area contributed by atoms with Crippen molar-refractivity contribution < 1.29 is 14.0 Å². The van der Waals surface area contributed by atoms with Crippen LogP contribution in [0.2, 0.25) is 0 Å². The number of carbonyl (C=O) groups excluding carboxylic acids is 2. The van der Waals surface area contributed by atoms with Crippen molar-refractivity contribution in [3.8, 4) is 0 Å². The summed E-state index contributed by atoms with van der Waals surface area (Å²) in [6, 6.07) is 4.83. The lowest BCUT2D eigenvalue weighted by Crippen LogP contribution is -2.54. The van der Waals surface area contributed by atoms with Crippen LogP contribution >= 0.6 is 0 Å². The van der Waals surface area contributed by atoms with Crippen molar-refractivity contribution in [1.29, 1.82) is 0 Å². The van der Waals surface area contributed by atoms with Crippen LogP contribution in [0, 0.1) is 12.7 Å². The third-order valence-electron chi connectivity index (χ3n) is 5.21. The highest BCUT2D eigenvalue weighted by Gasteiger charge is 2.26. The number of urea groups is 1. The summed E-state index contributed by atoms with van der Waals surface area (Å²) in [6.45, 7) is 3.66. The molecule has 0 atom stereocenters. The second kappa shape index (κ2) is 7.85. The average Bonchev–Trinajstić information content (AvgIpc) is 2.64. The summed E-state index contributed by atoms with van der Waals surface area (Å²) < 4.78 is 13.7. The standard InChI is InChI=1S/C19H26FN3O2/c1-14-7-8-15(13-17(14)20)18(24)22-9-11-23(12-10-22)19(25)21-16-5-3-2-4-6-16/h7-8,13,16H,2-6,9-12H2,1H3,(H,21,25). The number of nitrogens with zero attached hydrogens (tertiary/aromatic N) is 2. The van der Waals surface area contributed by atoms with Crippen molar-refractivity contribution in [2.45, 2.75) is 45.1 Å². The molecule has 0 aromatic heterocycles. The fraction of sp³-hybridized carbons (Fsp3) is 0.579. The topological polar surface area (TPSA) is 52.7 Å². The van der Waals surface area contributed by atoms with E-state index in [1.54, 1.807) is 28.9 Å². The zero-order chi connectivity index (χ0) is 17.8. The Morgan fingerprint density at radius 2 is 1.68 bits per heavy atom. The zero-order valence-electron chi connectivity index (χ0n) is 14.8. The van der Waals surface area contributed by atoms with Gasteiger partial charge < -0.3 is 15.1 Å². The van der Waals surface area contributed by atoms with Crippen LogP contribution in [0.25, 0.3) is 0 Å². The van der Waals surface area contributed by atoms with Gasteiger partial charge in [-0.05, 0) is 37.5 Å². The fourth-order valence-corrected chi connectivity index (χ4v) is 3.53. The summed E-state index contributed by atoms with van der Waals surface area (Å²) in [5.74, 6) is -0.539. The van der Waals surface area contributed by atoms with E-state index in [1.165, 1.54) is 25.3 Å². The highest BCUT2D eigenvalue weighted by Crippen LogP contribution is 2.18. The van der Waals surface area contributed by atoms with Crippen LogP contribution in [0.3, 0.4) is 0 Å². The van der Waals surface area contributed by atoms with E-state index in [1.807, 2.05) is 0 Å². The van der Waals surface area contributed by atoms with Crippen molar-refractivity contribution in [2.24, 2.45) is 0 Å². The van der Waals surface area contributed by atoms with Crippen LogP contribution in [0.4, 0.5) is 9.18 Å². The molecule has 1 saturated carbocycles. The number of halogens is 1. The molecule has 25 heavy (non-hydrogen) atoms. The van der Waals surface area contributed by atoms with Gasteiger partial charge in [-0.25, -0.2) is 9.18 Å². The van der Waals surface area contributed by atoms with Crippen LogP contribution in [-0.2, 0) is 0 Å². The van der Waals surface area contributed by atoms with Crippen LogP contribution in [0.1, 0.15) is 48.0 Å². The second-order valence-electron chi connectivity index (χ2n) is 7.03. The average molecular weight is 347 g/mol. The van der Waals surface area contributed by atoms with Gasteiger partial charge >= 0.3 is 6.03 Å². The van der Waals surface area contributed by atoms with E-state index in [9.17, 15) is 14.0 Å². The normalized spacial score (nSPS) is 19.0. The van der Waals surface area contributed by atoms with Gasteiger partial charge in [-0.2, -0.15) is 0 Å². The quantitative estimate of drug-likeness (QED) is 0.894. The minimum atomic E-state index is -0.364. The molecule has 136 valence electrons. The number of benzene rings is 1. The summed E-state index contributed by atoms with van der Waals surface area (Å²) >= 11 is 0. The maximum absolute atomic E-state index is 13.7. The molecule has 1 saturated heterocycles. The summed E-state index contributed by atoms with van der Waals surface area (Å²) in [7, 11) is 0. The van der Waals surface area contributed by atoms with E-state index in [0.717, 1.165) is 12.8 Å². The lowest BCUT2D eigenvalue weighted by molar-refractivity contribution is 0.0662. The SMILES string of the molecule is Cc1ccc(C(=O)N2CCN(C(=O)NC3CCCCC3)CC2)cc1F. The van der Waals surface area contributed by atoms with Gasteiger partial charge in [0.2, 0.25) is 0 Å². The first-order chi connectivity index (χ1) is 12.0. The Balaban J connectivity index is 1.51. The molecule has 1 aromatic carbocycles. The van der Waals surface area contributed by atoms with Crippen LogP contribution in [0.5, 0.6) is 0 Å². The van der Waals surface area contributed by atoms with Crippen molar-refractivity contribution >= 4 is 11.9 Å². The molecule has 3 rings (SSSR count). The molecule has 5 nitrogen and oxygen atoms in total. The summed E-state index contributed by atoms with van der Waals surface area (Å²) in [4.78, 5) is 28.3. The molecule has 1 aliphatic carbocycles. The molecule has 2 aliphatic rings. The number of nitrogens with one attached hydrogen (secondary N) is 1. The minimum Gasteiger partial charge on any atom is -0.335 e. The lowest BCUT2D eigenvalue weighted by atomic mass is 9.96. The number of hydrogen-bond donors (Lipinski definition) is 1. The smallest absolute Gasteiger partial charge is 0.317 e. The number of amides is 3. The van der Waals surface area contributed by atoms with Crippen molar-refractivity contribution in [3.05, 3.63) is 35.1 Å². The van der Waals surface area contributed by atoms with E-state index in [0.29, 0.717) is 37.3 Å². The Labute approximate surface area is 148 Å². The maximum Gasteiger partial charge on any atom is 0.317 e. The number of carbonyl (C=O) groups is 2. The molecular formula is C19H26FN3O2. The largest absolute Gasteiger partial charge is 0.335 e. The Kier molecular flexibility index (Phi) is 5.56. The highest BCUT2D eigenvalue weighted by atomic mass is 19.1. The molecule has 1 aliphatic heterocycles. The van der Waals surface area contributed by atoms with Gasteiger partial charge in [0.15, 0.2) is 0 Å². The molecule has 0 radical (unpaired) electrons. The summed E-state index contributed by atoms with van der Waals surface area (Å²) in [6.07, 6.45) is 5.74. The highest BCUT2D eigenvalue weighted by molar-refractivity contribution is 5.94. The molecule has 0 bridgehead atoms. The van der Waals surface area contributed by atoms with E-state index in [4.69, 9.17) is 0 Å². The Bertz CT molecular complexity index is 636. The van der Waals surface area contributed by atoms with E-state index in [-0.39, 0.29) is 23.8 Å². The first-order valence-corrected chi connectivity index (χ1v) is 9.15. The van der Waals surface area contributed by atoms with E-state index >= 15 is 0 Å². The molecule has 0 spiro atoms. The molecule has 2 fully saturated rings. The van der Waals surface area contributed by atoms with Gasteiger partial charge in [0, 0.05) is 37.8 Å². The number of aryl methyl sites for hydroxylation is 1. The number of piperazine rings is 1. The third kappa shape index (κ3) is 4.30. The van der Waals surface area contributed by atoms with Gasteiger partial charge in [0.1, 0.15) is 5.82 Å². The van der Waals surface area contributed by atoms with E-state index < -0.39 is 0 Å². The van der Waals surface area contributed by atoms with Crippen molar-refractivity contribution in [1.82, 2.24) is 15.1 Å².